The number of ether oxygens (including phenoxy) is 1. The number of carbonyl (C=O) groups is 3. The predicted octanol–water partition coefficient (Wildman–Crippen LogP) is 1.03. The number of aliphatic carboxylic acids is 1. The van der Waals surface area contributed by atoms with E-state index in [1.807, 2.05) is 0 Å². The van der Waals surface area contributed by atoms with Crippen molar-refractivity contribution in [2.45, 2.75) is 31.9 Å². The SMILES string of the molecule is CN(CCC(=O)O)C(=O)c1ccc(CNC(=O)[C@H]2CCCO2)cc1. The van der Waals surface area contributed by atoms with E-state index in [9.17, 15) is 14.4 Å². The summed E-state index contributed by atoms with van der Waals surface area (Å²) in [6.07, 6.45) is 1.22. The van der Waals surface area contributed by atoms with Crippen LogP contribution in [0, 0.1) is 0 Å². The standard InChI is InChI=1S/C17H22N2O5/c1-19(9-8-15(20)21)17(23)13-6-4-12(5-7-13)11-18-16(22)14-3-2-10-24-14/h4-7,14H,2-3,8-11H2,1H3,(H,18,22)(H,20,21)/t14-/m1/s1. The molecule has 1 aromatic carbocycles. The second-order valence-electron chi connectivity index (χ2n) is 5.79. The molecule has 7 heteroatoms. The highest BCUT2D eigenvalue weighted by Crippen LogP contribution is 2.12. The van der Waals surface area contributed by atoms with Gasteiger partial charge in [0, 0.05) is 32.3 Å². The first-order chi connectivity index (χ1) is 11.5. The van der Waals surface area contributed by atoms with Gasteiger partial charge in [-0.05, 0) is 30.5 Å². The maximum absolute atomic E-state index is 12.2. The van der Waals surface area contributed by atoms with Crippen LogP contribution in [0.4, 0.5) is 0 Å². The maximum atomic E-state index is 12.2. The van der Waals surface area contributed by atoms with Crippen LogP contribution in [0.25, 0.3) is 0 Å². The van der Waals surface area contributed by atoms with E-state index in [-0.39, 0.29) is 30.9 Å². The fourth-order valence-corrected chi connectivity index (χ4v) is 2.44. The lowest BCUT2D eigenvalue weighted by Crippen LogP contribution is -2.33. The zero-order valence-electron chi connectivity index (χ0n) is 13.7. The zero-order valence-corrected chi connectivity index (χ0v) is 13.7. The minimum Gasteiger partial charge on any atom is -0.481 e. The van der Waals surface area contributed by atoms with Crippen molar-refractivity contribution in [2.75, 3.05) is 20.2 Å². The molecule has 2 N–H and O–H groups in total. The van der Waals surface area contributed by atoms with E-state index in [0.717, 1.165) is 18.4 Å². The van der Waals surface area contributed by atoms with Crippen molar-refractivity contribution >= 4 is 17.8 Å². The van der Waals surface area contributed by atoms with Crippen LogP contribution in [0.2, 0.25) is 0 Å². The second-order valence-corrected chi connectivity index (χ2v) is 5.79. The molecular formula is C17H22N2O5. The van der Waals surface area contributed by atoms with Crippen molar-refractivity contribution in [1.29, 1.82) is 0 Å². The van der Waals surface area contributed by atoms with Crippen molar-refractivity contribution < 1.29 is 24.2 Å². The lowest BCUT2D eigenvalue weighted by Gasteiger charge is -2.16. The van der Waals surface area contributed by atoms with Crippen LogP contribution >= 0.6 is 0 Å². The minimum absolute atomic E-state index is 0.0877. The van der Waals surface area contributed by atoms with Gasteiger partial charge in [-0.15, -0.1) is 0 Å². The van der Waals surface area contributed by atoms with Gasteiger partial charge in [0.2, 0.25) is 5.91 Å². The minimum atomic E-state index is -0.938. The van der Waals surface area contributed by atoms with Gasteiger partial charge in [0.05, 0.1) is 6.42 Å². The Balaban J connectivity index is 1.84. The summed E-state index contributed by atoms with van der Waals surface area (Å²) in [6.45, 7) is 1.17. The van der Waals surface area contributed by atoms with E-state index in [2.05, 4.69) is 5.32 Å². The third-order valence-electron chi connectivity index (χ3n) is 3.90. The van der Waals surface area contributed by atoms with Gasteiger partial charge in [-0.1, -0.05) is 12.1 Å². The number of carbonyl (C=O) groups excluding carboxylic acids is 2. The molecule has 1 saturated heterocycles. The van der Waals surface area contributed by atoms with E-state index < -0.39 is 5.97 Å². The molecule has 0 aromatic heterocycles. The molecule has 1 atom stereocenters. The van der Waals surface area contributed by atoms with Crippen molar-refractivity contribution in [3.05, 3.63) is 35.4 Å². The van der Waals surface area contributed by atoms with Gasteiger partial charge in [-0.2, -0.15) is 0 Å². The zero-order chi connectivity index (χ0) is 17.5. The summed E-state index contributed by atoms with van der Waals surface area (Å²) in [5.41, 5.74) is 1.36. The van der Waals surface area contributed by atoms with E-state index in [1.54, 1.807) is 31.3 Å². The molecule has 1 aromatic rings. The molecule has 7 nitrogen and oxygen atoms in total. The second kappa shape index (κ2) is 8.44. The average molecular weight is 334 g/mol. The third-order valence-corrected chi connectivity index (χ3v) is 3.90. The van der Waals surface area contributed by atoms with Gasteiger partial charge in [0.1, 0.15) is 6.10 Å². The van der Waals surface area contributed by atoms with Crippen molar-refractivity contribution in [1.82, 2.24) is 10.2 Å². The van der Waals surface area contributed by atoms with E-state index in [1.165, 1.54) is 4.90 Å². The summed E-state index contributed by atoms with van der Waals surface area (Å²) in [4.78, 5) is 35.9. The van der Waals surface area contributed by atoms with Crippen LogP contribution in [0.15, 0.2) is 24.3 Å². The molecule has 0 unspecified atom stereocenters. The summed E-state index contributed by atoms with van der Waals surface area (Å²) in [6, 6.07) is 6.89. The number of hydrogen-bond acceptors (Lipinski definition) is 4. The van der Waals surface area contributed by atoms with Gasteiger partial charge in [-0.3, -0.25) is 14.4 Å². The molecule has 1 aliphatic heterocycles. The third kappa shape index (κ3) is 5.06. The normalized spacial score (nSPS) is 16.6. The molecule has 1 heterocycles. The van der Waals surface area contributed by atoms with Gasteiger partial charge in [-0.25, -0.2) is 0 Å². The number of nitrogens with zero attached hydrogens (tertiary/aromatic N) is 1. The number of nitrogens with one attached hydrogen (secondary N) is 1. The molecule has 24 heavy (non-hydrogen) atoms. The summed E-state index contributed by atoms with van der Waals surface area (Å²) < 4.78 is 5.32. The summed E-state index contributed by atoms with van der Waals surface area (Å²) in [5, 5.41) is 11.5. The Morgan fingerprint density at radius 1 is 1.29 bits per heavy atom. The Labute approximate surface area is 140 Å². The lowest BCUT2D eigenvalue weighted by molar-refractivity contribution is -0.137. The number of carboxylic acid groups (broad SMARTS) is 1. The van der Waals surface area contributed by atoms with Gasteiger partial charge in [0.25, 0.3) is 5.91 Å². The molecule has 0 spiro atoms. The summed E-state index contributed by atoms with van der Waals surface area (Å²) >= 11 is 0. The Morgan fingerprint density at radius 2 is 2.00 bits per heavy atom. The maximum Gasteiger partial charge on any atom is 0.305 e. The largest absolute Gasteiger partial charge is 0.481 e. The molecule has 0 aliphatic carbocycles. The Morgan fingerprint density at radius 3 is 2.58 bits per heavy atom. The topological polar surface area (TPSA) is 95.9 Å². The highest BCUT2D eigenvalue weighted by molar-refractivity contribution is 5.94. The summed E-state index contributed by atoms with van der Waals surface area (Å²) in [5.74, 6) is -1.28. The molecule has 0 saturated carbocycles. The van der Waals surface area contributed by atoms with E-state index >= 15 is 0 Å². The van der Waals surface area contributed by atoms with Crippen molar-refractivity contribution in [3.63, 3.8) is 0 Å². The Bertz CT molecular complexity index is 594. The van der Waals surface area contributed by atoms with Crippen LogP contribution in [-0.4, -0.2) is 54.1 Å². The molecule has 130 valence electrons. The van der Waals surface area contributed by atoms with Crippen LogP contribution in [-0.2, 0) is 20.9 Å². The Hall–Kier alpha value is -2.41. The smallest absolute Gasteiger partial charge is 0.305 e. The van der Waals surface area contributed by atoms with Crippen molar-refractivity contribution in [2.24, 2.45) is 0 Å². The van der Waals surface area contributed by atoms with E-state index in [0.29, 0.717) is 18.7 Å². The number of hydrogen-bond donors (Lipinski definition) is 2. The highest BCUT2D eigenvalue weighted by atomic mass is 16.5. The highest BCUT2D eigenvalue weighted by Gasteiger charge is 2.23. The molecule has 0 radical (unpaired) electrons. The van der Waals surface area contributed by atoms with Crippen molar-refractivity contribution in [3.8, 4) is 0 Å². The van der Waals surface area contributed by atoms with E-state index in [4.69, 9.17) is 9.84 Å². The van der Waals surface area contributed by atoms with Crippen LogP contribution in [0.1, 0.15) is 35.2 Å². The van der Waals surface area contributed by atoms with Crippen LogP contribution in [0.5, 0.6) is 0 Å². The van der Waals surface area contributed by atoms with Gasteiger partial charge >= 0.3 is 5.97 Å². The van der Waals surface area contributed by atoms with Crippen LogP contribution < -0.4 is 5.32 Å². The molecule has 1 fully saturated rings. The fourth-order valence-electron chi connectivity index (χ4n) is 2.44. The number of rotatable bonds is 7. The average Bonchev–Trinajstić information content (AvgIpc) is 3.12. The Kier molecular flexibility index (Phi) is 6.31. The first-order valence-corrected chi connectivity index (χ1v) is 7.93. The monoisotopic (exact) mass is 334 g/mol. The first-order valence-electron chi connectivity index (χ1n) is 7.93. The summed E-state index contributed by atoms with van der Waals surface area (Å²) in [7, 11) is 1.57. The number of carboxylic acids is 1. The number of benzene rings is 1. The van der Waals surface area contributed by atoms with Crippen LogP contribution in [0.3, 0.4) is 0 Å². The molecule has 1 aliphatic rings. The van der Waals surface area contributed by atoms with Gasteiger partial charge < -0.3 is 20.1 Å². The molecule has 2 rings (SSSR count). The van der Waals surface area contributed by atoms with Gasteiger partial charge in [0.15, 0.2) is 0 Å². The molecule has 2 amide bonds. The fraction of sp³-hybridized carbons (Fsp3) is 0.471. The predicted molar refractivity (Wildman–Crippen MR) is 86.5 cm³/mol. The quantitative estimate of drug-likeness (QED) is 0.776. The lowest BCUT2D eigenvalue weighted by atomic mass is 10.1. The molecule has 0 bridgehead atoms. The number of amides is 2. The molecular weight excluding hydrogens is 312 g/mol. The first kappa shape index (κ1) is 17.9.